The van der Waals surface area contributed by atoms with Crippen LogP contribution >= 0.6 is 0 Å². The second-order valence-corrected chi connectivity index (χ2v) is 8.48. The molecule has 0 saturated carbocycles. The standard InChI is InChI=1S/C20H19N3O4S/c1-26-15-7-3-13(4-8-15)19-22-20-17(11-12-27-20)18(21)23(19)14-5-9-16(10-6-14)28(2,24)25/h3-12,19,21-22H,1-2H3. The van der Waals surface area contributed by atoms with E-state index < -0.39 is 16.0 Å². The molecule has 0 radical (unpaired) electrons. The molecule has 1 atom stereocenters. The Morgan fingerprint density at radius 1 is 1.07 bits per heavy atom. The fourth-order valence-corrected chi connectivity index (χ4v) is 3.84. The highest BCUT2D eigenvalue weighted by Gasteiger charge is 2.33. The monoisotopic (exact) mass is 397 g/mol. The first-order valence-electron chi connectivity index (χ1n) is 8.55. The SMILES string of the molecule is COc1ccc(C2Nc3occc3C(=N)N2c2ccc(S(C)(=O)=O)cc2)cc1. The summed E-state index contributed by atoms with van der Waals surface area (Å²) in [5.74, 6) is 1.52. The Kier molecular flexibility index (Phi) is 4.35. The van der Waals surface area contributed by atoms with Gasteiger partial charge >= 0.3 is 0 Å². The van der Waals surface area contributed by atoms with Gasteiger partial charge < -0.3 is 19.4 Å². The predicted octanol–water partition coefficient (Wildman–Crippen LogP) is 3.65. The number of ether oxygens (including phenoxy) is 1. The number of hydrogen-bond acceptors (Lipinski definition) is 6. The summed E-state index contributed by atoms with van der Waals surface area (Å²) in [6.45, 7) is 0. The first-order chi connectivity index (χ1) is 13.4. The van der Waals surface area contributed by atoms with Crippen molar-refractivity contribution in [1.82, 2.24) is 0 Å². The lowest BCUT2D eigenvalue weighted by atomic mass is 10.1. The lowest BCUT2D eigenvalue weighted by Gasteiger charge is -2.38. The number of fused-ring (bicyclic) bond motifs is 1. The van der Waals surface area contributed by atoms with Crippen LogP contribution in [-0.4, -0.2) is 27.6 Å². The van der Waals surface area contributed by atoms with E-state index >= 15 is 0 Å². The number of hydrogen-bond donors (Lipinski definition) is 2. The van der Waals surface area contributed by atoms with Crippen molar-refractivity contribution >= 4 is 27.2 Å². The molecular formula is C20H19N3O4S. The topological polar surface area (TPSA) is 95.6 Å². The van der Waals surface area contributed by atoms with Crippen LogP contribution in [0.15, 0.2) is 70.2 Å². The second kappa shape index (κ2) is 6.72. The third-order valence-electron chi connectivity index (χ3n) is 4.66. The molecule has 2 N–H and O–H groups in total. The summed E-state index contributed by atoms with van der Waals surface area (Å²) >= 11 is 0. The molecule has 3 aromatic rings. The zero-order valence-electron chi connectivity index (χ0n) is 15.3. The molecule has 2 aromatic carbocycles. The van der Waals surface area contributed by atoms with E-state index in [4.69, 9.17) is 14.6 Å². The van der Waals surface area contributed by atoms with Gasteiger partial charge in [-0.25, -0.2) is 8.42 Å². The maximum absolute atomic E-state index is 11.8. The quantitative estimate of drug-likeness (QED) is 0.698. The zero-order valence-corrected chi connectivity index (χ0v) is 16.2. The largest absolute Gasteiger partial charge is 0.497 e. The van der Waals surface area contributed by atoms with E-state index in [1.807, 2.05) is 24.3 Å². The van der Waals surface area contributed by atoms with E-state index in [1.165, 1.54) is 12.5 Å². The maximum Gasteiger partial charge on any atom is 0.205 e. The summed E-state index contributed by atoms with van der Waals surface area (Å²) in [5.41, 5.74) is 2.23. The average molecular weight is 397 g/mol. The average Bonchev–Trinajstić information content (AvgIpc) is 3.16. The highest BCUT2D eigenvalue weighted by molar-refractivity contribution is 7.90. The second-order valence-electron chi connectivity index (χ2n) is 6.47. The molecule has 1 aliphatic heterocycles. The fourth-order valence-electron chi connectivity index (χ4n) is 3.21. The smallest absolute Gasteiger partial charge is 0.205 e. The molecule has 1 aliphatic rings. The van der Waals surface area contributed by atoms with Crippen LogP contribution in [0.5, 0.6) is 5.75 Å². The first-order valence-corrected chi connectivity index (χ1v) is 10.4. The Bertz CT molecular complexity index is 1120. The van der Waals surface area contributed by atoms with Crippen molar-refractivity contribution in [1.29, 1.82) is 5.41 Å². The van der Waals surface area contributed by atoms with Crippen molar-refractivity contribution in [3.05, 3.63) is 72.0 Å². The van der Waals surface area contributed by atoms with E-state index in [-0.39, 0.29) is 10.7 Å². The Morgan fingerprint density at radius 2 is 1.75 bits per heavy atom. The molecule has 0 aliphatic carbocycles. The molecule has 1 unspecified atom stereocenters. The van der Waals surface area contributed by atoms with Crippen LogP contribution in [0.4, 0.5) is 11.6 Å². The third-order valence-corrected chi connectivity index (χ3v) is 5.79. The molecule has 2 heterocycles. The van der Waals surface area contributed by atoms with Crippen molar-refractivity contribution in [3.63, 3.8) is 0 Å². The van der Waals surface area contributed by atoms with Crippen LogP contribution in [0.25, 0.3) is 0 Å². The molecule has 7 nitrogen and oxygen atoms in total. The summed E-state index contributed by atoms with van der Waals surface area (Å²) in [5, 5.41) is 12.0. The van der Waals surface area contributed by atoms with Crippen molar-refractivity contribution in [3.8, 4) is 5.75 Å². The molecule has 8 heteroatoms. The molecule has 0 bridgehead atoms. The molecule has 0 amide bonds. The molecule has 4 rings (SSSR count). The highest BCUT2D eigenvalue weighted by atomic mass is 32.2. The van der Waals surface area contributed by atoms with Crippen molar-refractivity contribution < 1.29 is 17.6 Å². The Balaban J connectivity index is 1.79. The van der Waals surface area contributed by atoms with Gasteiger partial charge in [0.05, 0.1) is 23.8 Å². The molecule has 28 heavy (non-hydrogen) atoms. The number of furan rings is 1. The first kappa shape index (κ1) is 18.1. The van der Waals surface area contributed by atoms with Gasteiger partial charge in [-0.15, -0.1) is 0 Å². The van der Waals surface area contributed by atoms with E-state index in [0.717, 1.165) is 11.3 Å². The molecule has 1 aromatic heterocycles. The van der Waals surface area contributed by atoms with Crippen molar-refractivity contribution in [2.75, 3.05) is 23.6 Å². The van der Waals surface area contributed by atoms with Crippen LogP contribution in [0.2, 0.25) is 0 Å². The molecule has 0 saturated heterocycles. The minimum atomic E-state index is -3.29. The van der Waals surface area contributed by atoms with Crippen LogP contribution in [0.1, 0.15) is 17.3 Å². The van der Waals surface area contributed by atoms with Gasteiger partial charge in [0.1, 0.15) is 17.8 Å². The Labute approximate surface area is 163 Å². The molecular weight excluding hydrogens is 378 g/mol. The van der Waals surface area contributed by atoms with Gasteiger partial charge in [0.2, 0.25) is 5.88 Å². The van der Waals surface area contributed by atoms with Crippen LogP contribution in [0, 0.1) is 5.41 Å². The number of sulfone groups is 1. The molecule has 144 valence electrons. The highest BCUT2D eigenvalue weighted by Crippen LogP contribution is 2.37. The van der Waals surface area contributed by atoms with Crippen LogP contribution in [-0.2, 0) is 9.84 Å². The van der Waals surface area contributed by atoms with E-state index in [0.29, 0.717) is 17.1 Å². The Morgan fingerprint density at radius 3 is 2.36 bits per heavy atom. The molecule has 0 spiro atoms. The summed E-state index contributed by atoms with van der Waals surface area (Å²) in [6.07, 6.45) is 2.30. The number of rotatable bonds is 4. The number of nitrogens with zero attached hydrogens (tertiary/aromatic N) is 1. The lowest BCUT2D eigenvalue weighted by Crippen LogP contribution is -2.42. The maximum atomic E-state index is 11.8. The van der Waals surface area contributed by atoms with Crippen LogP contribution < -0.4 is 15.0 Å². The van der Waals surface area contributed by atoms with Gasteiger partial charge in [-0.1, -0.05) is 12.1 Å². The van der Waals surface area contributed by atoms with Gasteiger partial charge in [0, 0.05) is 11.9 Å². The van der Waals surface area contributed by atoms with Gasteiger partial charge in [0.25, 0.3) is 0 Å². The van der Waals surface area contributed by atoms with Gasteiger partial charge in [-0.3, -0.25) is 5.41 Å². The third kappa shape index (κ3) is 3.11. The lowest BCUT2D eigenvalue weighted by molar-refractivity contribution is 0.414. The zero-order chi connectivity index (χ0) is 19.9. The summed E-state index contributed by atoms with van der Waals surface area (Å²) in [4.78, 5) is 2.03. The summed E-state index contributed by atoms with van der Waals surface area (Å²) in [7, 11) is -1.69. The Hall–Kier alpha value is -3.26. The van der Waals surface area contributed by atoms with Gasteiger partial charge in [-0.2, -0.15) is 0 Å². The predicted molar refractivity (Wildman–Crippen MR) is 107 cm³/mol. The van der Waals surface area contributed by atoms with E-state index in [1.54, 1.807) is 42.3 Å². The van der Waals surface area contributed by atoms with Gasteiger partial charge in [-0.05, 0) is 48.0 Å². The van der Waals surface area contributed by atoms with Crippen LogP contribution in [0.3, 0.4) is 0 Å². The number of benzene rings is 2. The van der Waals surface area contributed by atoms with E-state index in [2.05, 4.69) is 5.32 Å². The number of anilines is 2. The van der Waals surface area contributed by atoms with Crippen molar-refractivity contribution in [2.24, 2.45) is 0 Å². The number of amidine groups is 1. The summed E-state index contributed by atoms with van der Waals surface area (Å²) in [6, 6.07) is 15.8. The van der Waals surface area contributed by atoms with Crippen molar-refractivity contribution in [2.45, 2.75) is 11.1 Å². The minimum absolute atomic E-state index is 0.234. The fraction of sp³-hybridized carbons (Fsp3) is 0.150. The molecule has 0 fully saturated rings. The summed E-state index contributed by atoms with van der Waals surface area (Å²) < 4.78 is 34.2. The minimum Gasteiger partial charge on any atom is -0.497 e. The number of nitrogens with one attached hydrogen (secondary N) is 2. The van der Waals surface area contributed by atoms with Gasteiger partial charge in [0.15, 0.2) is 9.84 Å². The number of methoxy groups -OCH3 is 1. The van der Waals surface area contributed by atoms with E-state index in [9.17, 15) is 8.42 Å². The normalized spacial score (nSPS) is 16.4.